The van der Waals surface area contributed by atoms with Crippen molar-refractivity contribution in [1.82, 2.24) is 5.32 Å². The highest BCUT2D eigenvalue weighted by atomic mass is 16.1. The van der Waals surface area contributed by atoms with Gasteiger partial charge < -0.3 is 5.32 Å². The number of carbonyl (C=O) groups is 1. The first-order chi connectivity index (χ1) is 6.77. The van der Waals surface area contributed by atoms with Crippen molar-refractivity contribution in [2.24, 2.45) is 5.92 Å². The van der Waals surface area contributed by atoms with Gasteiger partial charge >= 0.3 is 0 Å². The summed E-state index contributed by atoms with van der Waals surface area (Å²) in [5.74, 6) is 2.81. The fraction of sp³-hybridized carbons (Fsp3) is 0.583. The maximum Gasteiger partial charge on any atom is 0.224 e. The first-order valence-electron chi connectivity index (χ1n) is 5.19. The average molecular weight is 191 g/mol. The van der Waals surface area contributed by atoms with E-state index < -0.39 is 0 Å². The Bertz CT molecular complexity index is 262. The molecule has 0 spiro atoms. The summed E-state index contributed by atoms with van der Waals surface area (Å²) in [6.45, 7) is 1.98. The second-order valence-electron chi connectivity index (χ2n) is 3.62. The highest BCUT2D eigenvalue weighted by Crippen LogP contribution is 2.18. The van der Waals surface area contributed by atoms with Crippen LogP contribution >= 0.6 is 0 Å². The summed E-state index contributed by atoms with van der Waals surface area (Å²) in [5, 5.41) is 2.88. The van der Waals surface area contributed by atoms with E-state index in [1.807, 2.05) is 6.92 Å². The number of allylic oxidation sites excluding steroid dienone is 2. The van der Waals surface area contributed by atoms with Crippen LogP contribution in [-0.2, 0) is 4.79 Å². The molecule has 2 atom stereocenters. The summed E-state index contributed by atoms with van der Waals surface area (Å²) < 4.78 is 0. The molecule has 0 aromatic heterocycles. The molecule has 1 amide bonds. The van der Waals surface area contributed by atoms with Crippen LogP contribution in [0.1, 0.15) is 32.6 Å². The monoisotopic (exact) mass is 191 g/mol. The molecule has 0 saturated carbocycles. The second kappa shape index (κ2) is 5.49. The quantitative estimate of drug-likeness (QED) is 0.535. The molecule has 0 heterocycles. The SMILES string of the molecule is C#CC(CC)NC(=O)C1CC=CCC1. The largest absolute Gasteiger partial charge is 0.342 e. The third-order valence-electron chi connectivity index (χ3n) is 2.57. The molecule has 1 N–H and O–H groups in total. The lowest BCUT2D eigenvalue weighted by molar-refractivity contribution is -0.125. The number of hydrogen-bond donors (Lipinski definition) is 1. The molecule has 0 aliphatic heterocycles. The van der Waals surface area contributed by atoms with E-state index in [0.717, 1.165) is 25.7 Å². The molecular weight excluding hydrogens is 174 g/mol. The number of terminal acetylenes is 1. The zero-order valence-corrected chi connectivity index (χ0v) is 8.62. The molecule has 1 aliphatic carbocycles. The Morgan fingerprint density at radius 3 is 3.00 bits per heavy atom. The third kappa shape index (κ3) is 2.92. The van der Waals surface area contributed by atoms with E-state index in [2.05, 4.69) is 23.4 Å². The van der Waals surface area contributed by atoms with Gasteiger partial charge in [0.25, 0.3) is 0 Å². The van der Waals surface area contributed by atoms with E-state index in [4.69, 9.17) is 6.42 Å². The molecule has 2 heteroatoms. The summed E-state index contributed by atoms with van der Waals surface area (Å²) in [7, 11) is 0. The van der Waals surface area contributed by atoms with Crippen LogP contribution < -0.4 is 5.32 Å². The number of nitrogens with one attached hydrogen (secondary N) is 1. The number of carbonyl (C=O) groups excluding carboxylic acids is 1. The van der Waals surface area contributed by atoms with Crippen LogP contribution in [0.2, 0.25) is 0 Å². The van der Waals surface area contributed by atoms with Gasteiger partial charge in [-0.2, -0.15) is 0 Å². The topological polar surface area (TPSA) is 29.1 Å². The minimum atomic E-state index is -0.103. The lowest BCUT2D eigenvalue weighted by atomic mass is 9.93. The van der Waals surface area contributed by atoms with Crippen molar-refractivity contribution < 1.29 is 4.79 Å². The van der Waals surface area contributed by atoms with Gasteiger partial charge in [0.15, 0.2) is 0 Å². The fourth-order valence-corrected chi connectivity index (χ4v) is 1.58. The van der Waals surface area contributed by atoms with Gasteiger partial charge in [-0.25, -0.2) is 0 Å². The Morgan fingerprint density at radius 1 is 1.71 bits per heavy atom. The number of hydrogen-bond acceptors (Lipinski definition) is 1. The summed E-state index contributed by atoms with van der Waals surface area (Å²) in [5.41, 5.74) is 0. The van der Waals surface area contributed by atoms with Crippen molar-refractivity contribution in [3.05, 3.63) is 12.2 Å². The van der Waals surface area contributed by atoms with Crippen molar-refractivity contribution >= 4 is 5.91 Å². The van der Waals surface area contributed by atoms with Crippen LogP contribution in [0.3, 0.4) is 0 Å². The molecule has 0 aromatic rings. The zero-order valence-electron chi connectivity index (χ0n) is 8.62. The standard InChI is InChI=1S/C12H17NO/c1-3-11(4-2)13-12(14)10-8-6-5-7-9-10/h1,5-6,10-11H,4,7-9H2,2H3,(H,13,14). The average Bonchev–Trinajstić information content (AvgIpc) is 2.26. The molecule has 1 aliphatic rings. The lowest BCUT2D eigenvalue weighted by Gasteiger charge is -2.19. The lowest BCUT2D eigenvalue weighted by Crippen LogP contribution is -2.38. The van der Waals surface area contributed by atoms with E-state index in [1.54, 1.807) is 0 Å². The van der Waals surface area contributed by atoms with Crippen LogP contribution in [-0.4, -0.2) is 11.9 Å². The summed E-state index contributed by atoms with van der Waals surface area (Å²) in [4.78, 5) is 11.7. The van der Waals surface area contributed by atoms with Crippen molar-refractivity contribution in [3.8, 4) is 12.3 Å². The van der Waals surface area contributed by atoms with E-state index in [9.17, 15) is 4.79 Å². The van der Waals surface area contributed by atoms with Crippen molar-refractivity contribution in [3.63, 3.8) is 0 Å². The molecule has 1 rings (SSSR count). The van der Waals surface area contributed by atoms with Gasteiger partial charge in [-0.05, 0) is 25.7 Å². The summed E-state index contributed by atoms with van der Waals surface area (Å²) in [6, 6.07) is -0.103. The molecular formula is C12H17NO. The van der Waals surface area contributed by atoms with Gasteiger partial charge in [-0.1, -0.05) is 25.0 Å². The molecule has 0 bridgehead atoms. The number of rotatable bonds is 3. The zero-order chi connectivity index (χ0) is 10.4. The molecule has 0 saturated heterocycles. The van der Waals surface area contributed by atoms with E-state index in [-0.39, 0.29) is 17.9 Å². The molecule has 0 fully saturated rings. The maximum absolute atomic E-state index is 11.7. The first-order valence-corrected chi connectivity index (χ1v) is 5.19. The molecule has 2 unspecified atom stereocenters. The minimum absolute atomic E-state index is 0.103. The second-order valence-corrected chi connectivity index (χ2v) is 3.62. The predicted octanol–water partition coefficient (Wildman–Crippen LogP) is 1.87. The van der Waals surface area contributed by atoms with Gasteiger partial charge in [-0.15, -0.1) is 6.42 Å². The number of amides is 1. The molecule has 0 radical (unpaired) electrons. The van der Waals surface area contributed by atoms with E-state index in [0.29, 0.717) is 0 Å². The summed E-state index contributed by atoms with van der Waals surface area (Å²) in [6.07, 6.45) is 13.1. The van der Waals surface area contributed by atoms with Gasteiger partial charge in [0.1, 0.15) is 0 Å². The normalized spacial score (nSPS) is 22.4. The van der Waals surface area contributed by atoms with Crippen LogP contribution in [0.15, 0.2) is 12.2 Å². The van der Waals surface area contributed by atoms with Gasteiger partial charge in [0, 0.05) is 5.92 Å². The Balaban J connectivity index is 2.41. The summed E-state index contributed by atoms with van der Waals surface area (Å²) >= 11 is 0. The molecule has 14 heavy (non-hydrogen) atoms. The van der Waals surface area contributed by atoms with Gasteiger partial charge in [-0.3, -0.25) is 4.79 Å². The van der Waals surface area contributed by atoms with Crippen LogP contribution in [0, 0.1) is 18.3 Å². The smallest absolute Gasteiger partial charge is 0.224 e. The van der Waals surface area contributed by atoms with Crippen molar-refractivity contribution in [2.75, 3.05) is 0 Å². The van der Waals surface area contributed by atoms with Crippen molar-refractivity contribution in [2.45, 2.75) is 38.6 Å². The Labute approximate surface area is 85.8 Å². The van der Waals surface area contributed by atoms with Crippen LogP contribution in [0.25, 0.3) is 0 Å². The van der Waals surface area contributed by atoms with Gasteiger partial charge in [0.05, 0.1) is 6.04 Å². The van der Waals surface area contributed by atoms with E-state index in [1.165, 1.54) is 0 Å². The highest BCUT2D eigenvalue weighted by molar-refractivity contribution is 5.79. The Kier molecular flexibility index (Phi) is 4.25. The predicted molar refractivity (Wildman–Crippen MR) is 57.5 cm³/mol. The Morgan fingerprint density at radius 2 is 2.50 bits per heavy atom. The Hall–Kier alpha value is -1.23. The first kappa shape index (κ1) is 10.8. The van der Waals surface area contributed by atoms with Gasteiger partial charge in [0.2, 0.25) is 5.91 Å². The van der Waals surface area contributed by atoms with Crippen LogP contribution in [0.4, 0.5) is 0 Å². The van der Waals surface area contributed by atoms with Crippen molar-refractivity contribution in [1.29, 1.82) is 0 Å². The highest BCUT2D eigenvalue weighted by Gasteiger charge is 2.19. The maximum atomic E-state index is 11.7. The molecule has 0 aromatic carbocycles. The molecule has 76 valence electrons. The fourth-order valence-electron chi connectivity index (χ4n) is 1.58. The minimum Gasteiger partial charge on any atom is -0.342 e. The van der Waals surface area contributed by atoms with Crippen LogP contribution in [0.5, 0.6) is 0 Å². The van der Waals surface area contributed by atoms with E-state index >= 15 is 0 Å². The third-order valence-corrected chi connectivity index (χ3v) is 2.57. The molecule has 2 nitrogen and oxygen atoms in total.